The summed E-state index contributed by atoms with van der Waals surface area (Å²) in [6.45, 7) is 16.3. The van der Waals surface area contributed by atoms with Gasteiger partial charge in [-0.3, -0.25) is 0 Å². The first kappa shape index (κ1) is 32.6. The first-order valence-corrected chi connectivity index (χ1v) is 17.6. The molecule has 4 rings (SSSR count). The minimum atomic E-state index is 0.131. The SMILES string of the molecule is CCCCCCCCC1(CCCCCCCC)c2cc(-c3ccc(C(C)(C)C)cc3)ccc2-c2ccc(C(C)C)cc21. The van der Waals surface area contributed by atoms with Gasteiger partial charge in [-0.2, -0.15) is 0 Å². The highest BCUT2D eigenvalue weighted by atomic mass is 14.5. The monoisotopic (exact) mass is 564 g/mol. The molecule has 3 aromatic carbocycles. The Morgan fingerprint density at radius 2 is 1.02 bits per heavy atom. The van der Waals surface area contributed by atoms with Gasteiger partial charge in [-0.05, 0) is 74.7 Å². The summed E-state index contributed by atoms with van der Waals surface area (Å²) in [5.41, 5.74) is 12.2. The van der Waals surface area contributed by atoms with Gasteiger partial charge in [0.2, 0.25) is 0 Å². The third-order valence-corrected chi connectivity index (χ3v) is 10.0. The van der Waals surface area contributed by atoms with Crippen LogP contribution in [0.2, 0.25) is 0 Å². The smallest absolute Gasteiger partial charge is 0.0215 e. The molecule has 0 saturated carbocycles. The van der Waals surface area contributed by atoms with Gasteiger partial charge in [0.25, 0.3) is 0 Å². The summed E-state index contributed by atoms with van der Waals surface area (Å²) in [5.74, 6) is 0.552. The van der Waals surface area contributed by atoms with Crippen molar-refractivity contribution in [3.8, 4) is 22.3 Å². The molecule has 1 aliphatic carbocycles. The maximum absolute atomic E-state index is 2.62. The van der Waals surface area contributed by atoms with Crippen LogP contribution in [0.1, 0.15) is 167 Å². The van der Waals surface area contributed by atoms with Gasteiger partial charge in [0.15, 0.2) is 0 Å². The fraction of sp³-hybridized carbons (Fsp3) is 0.571. The number of rotatable bonds is 16. The van der Waals surface area contributed by atoms with Crippen molar-refractivity contribution in [2.45, 2.75) is 155 Å². The van der Waals surface area contributed by atoms with E-state index in [1.807, 2.05) is 0 Å². The molecule has 0 amide bonds. The van der Waals surface area contributed by atoms with Gasteiger partial charge >= 0.3 is 0 Å². The molecular weight excluding hydrogens is 504 g/mol. The maximum atomic E-state index is 2.62. The van der Waals surface area contributed by atoms with Gasteiger partial charge in [-0.25, -0.2) is 0 Å². The van der Waals surface area contributed by atoms with Crippen LogP contribution in [0.3, 0.4) is 0 Å². The topological polar surface area (TPSA) is 0 Å². The average Bonchev–Trinajstić information content (AvgIpc) is 3.24. The second-order valence-corrected chi connectivity index (χ2v) is 14.7. The van der Waals surface area contributed by atoms with E-state index in [-0.39, 0.29) is 10.8 Å². The van der Waals surface area contributed by atoms with E-state index in [9.17, 15) is 0 Å². The van der Waals surface area contributed by atoms with Crippen LogP contribution in [0.25, 0.3) is 22.3 Å². The Labute approximate surface area is 259 Å². The van der Waals surface area contributed by atoms with E-state index in [1.165, 1.54) is 123 Å². The number of unbranched alkanes of at least 4 members (excludes halogenated alkanes) is 10. The summed E-state index contributed by atoms with van der Waals surface area (Å²) < 4.78 is 0. The standard InChI is InChI=1S/C42H60/c1-8-10-12-14-16-18-28-42(29-19-17-15-13-11-9-2)39-30-34(32(3)4)22-26-37(39)38-27-23-35(31-40(38)42)33-20-24-36(25-21-33)41(5,6)7/h20-27,30-32H,8-19,28-29H2,1-7H3. The van der Waals surface area contributed by atoms with Crippen molar-refractivity contribution in [3.05, 3.63) is 82.9 Å². The quantitative estimate of drug-likeness (QED) is 0.152. The maximum Gasteiger partial charge on any atom is 0.0215 e. The van der Waals surface area contributed by atoms with Crippen molar-refractivity contribution in [1.82, 2.24) is 0 Å². The van der Waals surface area contributed by atoms with Gasteiger partial charge < -0.3 is 0 Å². The van der Waals surface area contributed by atoms with E-state index in [0.717, 1.165) is 0 Å². The molecule has 0 unspecified atom stereocenters. The second kappa shape index (κ2) is 14.9. The number of fused-ring (bicyclic) bond motifs is 3. The van der Waals surface area contributed by atoms with E-state index in [4.69, 9.17) is 0 Å². The van der Waals surface area contributed by atoms with E-state index < -0.39 is 0 Å². The summed E-state index contributed by atoms with van der Waals surface area (Å²) in [5, 5.41) is 0. The Morgan fingerprint density at radius 1 is 0.548 bits per heavy atom. The molecular formula is C42H60. The zero-order chi connectivity index (χ0) is 30.2. The molecule has 0 heterocycles. The van der Waals surface area contributed by atoms with Crippen molar-refractivity contribution >= 4 is 0 Å². The molecule has 0 atom stereocenters. The molecule has 0 saturated heterocycles. The van der Waals surface area contributed by atoms with Crippen LogP contribution in [0, 0.1) is 0 Å². The van der Waals surface area contributed by atoms with Crippen molar-refractivity contribution in [2.75, 3.05) is 0 Å². The van der Waals surface area contributed by atoms with Gasteiger partial charge in [-0.1, -0.05) is 180 Å². The van der Waals surface area contributed by atoms with Crippen molar-refractivity contribution in [1.29, 1.82) is 0 Å². The molecule has 0 bridgehead atoms. The molecule has 0 radical (unpaired) electrons. The Morgan fingerprint density at radius 3 is 1.55 bits per heavy atom. The van der Waals surface area contributed by atoms with E-state index >= 15 is 0 Å². The predicted molar refractivity (Wildman–Crippen MR) is 187 cm³/mol. The third-order valence-electron chi connectivity index (χ3n) is 10.0. The third kappa shape index (κ3) is 7.59. The van der Waals surface area contributed by atoms with Crippen LogP contribution in [0.15, 0.2) is 60.7 Å². The summed E-state index contributed by atoms with van der Waals surface area (Å²) in [7, 11) is 0. The largest absolute Gasteiger partial charge is 0.0654 e. The average molecular weight is 565 g/mol. The lowest BCUT2D eigenvalue weighted by molar-refractivity contribution is 0.397. The van der Waals surface area contributed by atoms with E-state index in [0.29, 0.717) is 5.92 Å². The van der Waals surface area contributed by atoms with Crippen LogP contribution < -0.4 is 0 Å². The molecule has 0 fully saturated rings. The molecule has 3 aromatic rings. The Bertz CT molecular complexity index is 1230. The molecule has 0 heteroatoms. The lowest BCUT2D eigenvalue weighted by Gasteiger charge is -2.33. The second-order valence-electron chi connectivity index (χ2n) is 14.7. The first-order valence-electron chi connectivity index (χ1n) is 17.6. The first-order chi connectivity index (χ1) is 20.2. The number of hydrogen-bond acceptors (Lipinski definition) is 0. The van der Waals surface area contributed by atoms with E-state index in [2.05, 4.69) is 109 Å². The van der Waals surface area contributed by atoms with Crippen molar-refractivity contribution in [2.24, 2.45) is 0 Å². The Balaban J connectivity index is 1.74. The van der Waals surface area contributed by atoms with Gasteiger partial charge in [0.1, 0.15) is 0 Å². The van der Waals surface area contributed by atoms with Crippen LogP contribution in [0.4, 0.5) is 0 Å². The molecule has 0 spiro atoms. The summed E-state index contributed by atoms with van der Waals surface area (Å²) >= 11 is 0. The van der Waals surface area contributed by atoms with Gasteiger partial charge in [0, 0.05) is 5.41 Å². The zero-order valence-corrected chi connectivity index (χ0v) is 28.3. The predicted octanol–water partition coefficient (Wildman–Crippen LogP) is 13.5. The molecule has 0 nitrogen and oxygen atoms in total. The number of hydrogen-bond donors (Lipinski definition) is 0. The summed E-state index contributed by atoms with van der Waals surface area (Å²) in [4.78, 5) is 0. The van der Waals surface area contributed by atoms with Crippen molar-refractivity contribution < 1.29 is 0 Å². The van der Waals surface area contributed by atoms with Crippen molar-refractivity contribution in [3.63, 3.8) is 0 Å². The normalized spacial score (nSPS) is 13.9. The fourth-order valence-corrected chi connectivity index (χ4v) is 7.29. The lowest BCUT2D eigenvalue weighted by Crippen LogP contribution is -2.26. The fourth-order valence-electron chi connectivity index (χ4n) is 7.29. The molecule has 228 valence electrons. The highest BCUT2D eigenvalue weighted by Crippen LogP contribution is 2.55. The molecule has 42 heavy (non-hydrogen) atoms. The molecule has 1 aliphatic rings. The highest BCUT2D eigenvalue weighted by Gasteiger charge is 2.42. The molecule has 0 aliphatic heterocycles. The number of benzene rings is 3. The molecule has 0 aromatic heterocycles. The van der Waals surface area contributed by atoms with Crippen LogP contribution >= 0.6 is 0 Å². The Kier molecular flexibility index (Phi) is 11.6. The molecule has 0 N–H and O–H groups in total. The van der Waals surface area contributed by atoms with Gasteiger partial charge in [-0.15, -0.1) is 0 Å². The van der Waals surface area contributed by atoms with Gasteiger partial charge in [0.05, 0.1) is 0 Å². The van der Waals surface area contributed by atoms with Crippen LogP contribution in [-0.2, 0) is 10.8 Å². The zero-order valence-electron chi connectivity index (χ0n) is 28.3. The Hall–Kier alpha value is -2.34. The minimum absolute atomic E-state index is 0.131. The van der Waals surface area contributed by atoms with Crippen LogP contribution in [-0.4, -0.2) is 0 Å². The summed E-state index contributed by atoms with van der Waals surface area (Å²) in [6, 6.07) is 24.3. The van der Waals surface area contributed by atoms with Crippen LogP contribution in [0.5, 0.6) is 0 Å². The lowest BCUT2D eigenvalue weighted by atomic mass is 9.70. The highest BCUT2D eigenvalue weighted by molar-refractivity contribution is 5.84. The minimum Gasteiger partial charge on any atom is -0.0654 e. The van der Waals surface area contributed by atoms with E-state index in [1.54, 1.807) is 11.1 Å². The summed E-state index contributed by atoms with van der Waals surface area (Å²) in [6.07, 6.45) is 18.9.